The molecule has 0 fully saturated rings. The zero-order valence-electron chi connectivity index (χ0n) is 14.3. The molecule has 0 saturated carbocycles. The van der Waals surface area contributed by atoms with Gasteiger partial charge in [-0.2, -0.15) is 0 Å². The van der Waals surface area contributed by atoms with Crippen molar-refractivity contribution in [2.45, 2.75) is 26.7 Å². The number of hydrogen-bond acceptors (Lipinski definition) is 2. The van der Waals surface area contributed by atoms with Crippen molar-refractivity contribution < 1.29 is 0 Å². The maximum Gasteiger partial charge on any atom is 0.191 e. The third-order valence-corrected chi connectivity index (χ3v) is 3.82. The Hall–Kier alpha value is -2.07. The van der Waals surface area contributed by atoms with Crippen molar-refractivity contribution >= 4 is 17.6 Å². The van der Waals surface area contributed by atoms with Crippen molar-refractivity contribution in [2.24, 2.45) is 4.99 Å². The number of aliphatic imine (C=N–C) groups is 1. The normalized spacial score (nSPS) is 11.4. The van der Waals surface area contributed by atoms with Gasteiger partial charge in [0, 0.05) is 36.5 Å². The van der Waals surface area contributed by atoms with Crippen LogP contribution in [0.25, 0.3) is 0 Å². The molecule has 1 aromatic carbocycles. The van der Waals surface area contributed by atoms with Crippen molar-refractivity contribution in [3.63, 3.8) is 0 Å². The molecule has 2 aromatic rings. The molecule has 0 radical (unpaired) electrons. The van der Waals surface area contributed by atoms with Crippen molar-refractivity contribution in [1.82, 2.24) is 15.6 Å². The molecule has 5 heteroatoms. The highest BCUT2D eigenvalue weighted by molar-refractivity contribution is 6.30. The third kappa shape index (κ3) is 6.59. The van der Waals surface area contributed by atoms with Gasteiger partial charge >= 0.3 is 0 Å². The highest BCUT2D eigenvalue weighted by Crippen LogP contribution is 2.10. The Bertz CT molecular complexity index is 653. The van der Waals surface area contributed by atoms with Gasteiger partial charge in [0.15, 0.2) is 5.96 Å². The zero-order valence-corrected chi connectivity index (χ0v) is 15.1. The Morgan fingerprint density at radius 1 is 1.12 bits per heavy atom. The second-order valence-corrected chi connectivity index (χ2v) is 6.06. The van der Waals surface area contributed by atoms with E-state index in [2.05, 4.69) is 39.7 Å². The number of guanidine groups is 1. The van der Waals surface area contributed by atoms with Crippen LogP contribution in [0.5, 0.6) is 0 Å². The molecular weight excluding hydrogens is 320 g/mol. The molecular formula is C19H25ClN4. The first kappa shape index (κ1) is 18.3. The van der Waals surface area contributed by atoms with Crippen LogP contribution in [0.1, 0.15) is 23.7 Å². The van der Waals surface area contributed by atoms with Crippen LogP contribution < -0.4 is 10.6 Å². The fourth-order valence-corrected chi connectivity index (χ4v) is 2.52. The fourth-order valence-electron chi connectivity index (χ4n) is 2.30. The molecule has 0 aliphatic heterocycles. The maximum absolute atomic E-state index is 6.01. The molecule has 0 aliphatic carbocycles. The Labute approximate surface area is 149 Å². The van der Waals surface area contributed by atoms with Crippen LogP contribution >= 0.6 is 11.6 Å². The Balaban J connectivity index is 1.80. The number of aryl methyl sites for hydroxylation is 1. The van der Waals surface area contributed by atoms with Gasteiger partial charge in [-0.15, -0.1) is 0 Å². The number of aromatic nitrogens is 1. The minimum absolute atomic E-state index is 0.724. The van der Waals surface area contributed by atoms with Crippen LogP contribution in [0.3, 0.4) is 0 Å². The summed E-state index contributed by atoms with van der Waals surface area (Å²) in [6.07, 6.45) is 3.73. The molecule has 1 aromatic heterocycles. The summed E-state index contributed by atoms with van der Waals surface area (Å²) in [5.41, 5.74) is 3.47. The maximum atomic E-state index is 6.01. The van der Waals surface area contributed by atoms with Crippen molar-refractivity contribution in [3.05, 3.63) is 64.4 Å². The molecule has 1 heterocycles. The second-order valence-electron chi connectivity index (χ2n) is 5.63. The molecule has 0 bridgehead atoms. The summed E-state index contributed by atoms with van der Waals surface area (Å²) in [6, 6.07) is 12.1. The monoisotopic (exact) mass is 344 g/mol. The molecule has 0 aliphatic rings. The highest BCUT2D eigenvalue weighted by atomic mass is 35.5. The van der Waals surface area contributed by atoms with E-state index >= 15 is 0 Å². The Morgan fingerprint density at radius 2 is 2.00 bits per heavy atom. The smallest absolute Gasteiger partial charge is 0.191 e. The number of pyridine rings is 1. The fraction of sp³-hybridized carbons (Fsp3) is 0.368. The van der Waals surface area contributed by atoms with Gasteiger partial charge in [-0.05, 0) is 56.0 Å². The molecule has 2 rings (SSSR count). The summed E-state index contributed by atoms with van der Waals surface area (Å²) in [5.74, 6) is 0.847. The highest BCUT2D eigenvalue weighted by Gasteiger charge is 1.99. The van der Waals surface area contributed by atoms with Crippen LogP contribution in [-0.2, 0) is 12.8 Å². The number of hydrogen-bond donors (Lipinski definition) is 2. The standard InChI is InChI=1S/C19H25ClN4/c1-3-21-19(22-11-9-16-5-4-6-18(20)13-16)23-12-10-17-8-7-15(2)24-14-17/h4-8,13-14H,3,9-12H2,1-2H3,(H2,21,22,23). The van der Waals surface area contributed by atoms with E-state index in [9.17, 15) is 0 Å². The summed E-state index contributed by atoms with van der Waals surface area (Å²) in [4.78, 5) is 8.94. The number of halogens is 1. The first-order valence-corrected chi connectivity index (χ1v) is 8.73. The van der Waals surface area contributed by atoms with Gasteiger partial charge in [0.25, 0.3) is 0 Å². The second kappa shape index (κ2) is 9.93. The van der Waals surface area contributed by atoms with Crippen LogP contribution in [0.2, 0.25) is 5.02 Å². The van der Waals surface area contributed by atoms with E-state index in [1.54, 1.807) is 0 Å². The van der Waals surface area contributed by atoms with Gasteiger partial charge in [0.05, 0.1) is 0 Å². The van der Waals surface area contributed by atoms with E-state index in [1.807, 2.05) is 37.4 Å². The van der Waals surface area contributed by atoms with E-state index in [-0.39, 0.29) is 0 Å². The average molecular weight is 345 g/mol. The van der Waals surface area contributed by atoms with Gasteiger partial charge in [-0.3, -0.25) is 9.98 Å². The van der Waals surface area contributed by atoms with E-state index in [1.165, 1.54) is 11.1 Å². The molecule has 128 valence electrons. The topological polar surface area (TPSA) is 49.3 Å². The predicted octanol–water partition coefficient (Wildman–Crippen LogP) is 3.38. The minimum Gasteiger partial charge on any atom is -0.357 e. The Kier molecular flexibility index (Phi) is 7.56. The van der Waals surface area contributed by atoms with Crippen LogP contribution in [0, 0.1) is 6.92 Å². The molecule has 0 unspecified atom stereocenters. The van der Waals surface area contributed by atoms with Gasteiger partial charge in [-0.1, -0.05) is 29.8 Å². The molecule has 0 atom stereocenters. The molecule has 24 heavy (non-hydrogen) atoms. The first-order chi connectivity index (χ1) is 11.7. The van der Waals surface area contributed by atoms with Gasteiger partial charge in [0.1, 0.15) is 0 Å². The van der Waals surface area contributed by atoms with Crippen LogP contribution in [0.15, 0.2) is 47.6 Å². The lowest BCUT2D eigenvalue weighted by Gasteiger charge is -2.11. The van der Waals surface area contributed by atoms with Crippen molar-refractivity contribution in [3.8, 4) is 0 Å². The predicted molar refractivity (Wildman–Crippen MR) is 102 cm³/mol. The number of nitrogens with one attached hydrogen (secondary N) is 2. The van der Waals surface area contributed by atoms with Gasteiger partial charge in [-0.25, -0.2) is 0 Å². The van der Waals surface area contributed by atoms with Crippen LogP contribution in [-0.4, -0.2) is 30.6 Å². The summed E-state index contributed by atoms with van der Waals surface area (Å²) in [6.45, 7) is 6.46. The van der Waals surface area contributed by atoms with E-state index in [4.69, 9.17) is 11.6 Å². The summed E-state index contributed by atoms with van der Waals surface area (Å²) in [5, 5.41) is 7.41. The quantitative estimate of drug-likeness (QED) is 0.598. The van der Waals surface area contributed by atoms with Crippen molar-refractivity contribution in [2.75, 3.05) is 19.6 Å². The average Bonchev–Trinajstić information content (AvgIpc) is 2.57. The SMILES string of the molecule is CCNC(=NCCc1cccc(Cl)c1)NCCc1ccc(C)nc1. The third-order valence-electron chi connectivity index (χ3n) is 3.58. The Morgan fingerprint density at radius 3 is 2.71 bits per heavy atom. The summed E-state index contributed by atoms with van der Waals surface area (Å²) >= 11 is 6.01. The summed E-state index contributed by atoms with van der Waals surface area (Å²) < 4.78 is 0. The van der Waals surface area contributed by atoms with E-state index in [0.717, 1.165) is 49.2 Å². The lowest BCUT2D eigenvalue weighted by Crippen LogP contribution is -2.38. The van der Waals surface area contributed by atoms with Crippen LogP contribution in [0.4, 0.5) is 0 Å². The minimum atomic E-state index is 0.724. The van der Waals surface area contributed by atoms with Gasteiger partial charge in [0.2, 0.25) is 0 Å². The lowest BCUT2D eigenvalue weighted by molar-refractivity contribution is 0.794. The van der Waals surface area contributed by atoms with E-state index in [0.29, 0.717) is 0 Å². The molecule has 2 N–H and O–H groups in total. The first-order valence-electron chi connectivity index (χ1n) is 8.35. The zero-order chi connectivity index (χ0) is 17.2. The van der Waals surface area contributed by atoms with Crippen molar-refractivity contribution in [1.29, 1.82) is 0 Å². The lowest BCUT2D eigenvalue weighted by atomic mass is 10.1. The van der Waals surface area contributed by atoms with Gasteiger partial charge < -0.3 is 10.6 Å². The summed E-state index contributed by atoms with van der Waals surface area (Å²) in [7, 11) is 0. The number of benzene rings is 1. The number of nitrogens with zero attached hydrogens (tertiary/aromatic N) is 2. The molecule has 4 nitrogen and oxygen atoms in total. The number of rotatable bonds is 7. The largest absolute Gasteiger partial charge is 0.357 e. The van der Waals surface area contributed by atoms with E-state index < -0.39 is 0 Å². The molecule has 0 amide bonds. The molecule has 0 spiro atoms. The molecule has 0 saturated heterocycles.